The summed E-state index contributed by atoms with van der Waals surface area (Å²) in [6.07, 6.45) is 0.523. The highest BCUT2D eigenvalue weighted by Crippen LogP contribution is 2.31. The van der Waals surface area contributed by atoms with E-state index >= 15 is 0 Å². The van der Waals surface area contributed by atoms with Crippen LogP contribution in [0.15, 0.2) is 24.3 Å². The first kappa shape index (κ1) is 10.9. The molecule has 0 bridgehead atoms. The van der Waals surface area contributed by atoms with Gasteiger partial charge in [-0.1, -0.05) is 24.4 Å². The van der Waals surface area contributed by atoms with Gasteiger partial charge in [-0.3, -0.25) is 4.79 Å². The number of benzene rings is 1. The van der Waals surface area contributed by atoms with E-state index in [1.54, 1.807) is 4.90 Å². The number of ether oxygens (including phenoxy) is 1. The molecule has 0 aliphatic carbocycles. The van der Waals surface area contributed by atoms with Crippen molar-refractivity contribution in [3.63, 3.8) is 0 Å². The third-order valence-corrected chi connectivity index (χ3v) is 2.59. The molecule has 1 heterocycles. The molecule has 5 heteroatoms. The molecule has 2 rings (SSSR count). The molecule has 1 aliphatic heterocycles. The van der Waals surface area contributed by atoms with Gasteiger partial charge in [0, 0.05) is 13.0 Å². The molecule has 0 radical (unpaired) electrons. The summed E-state index contributed by atoms with van der Waals surface area (Å²) in [5, 5.41) is 0. The van der Waals surface area contributed by atoms with E-state index in [0.29, 0.717) is 18.0 Å². The van der Waals surface area contributed by atoms with E-state index in [1.165, 1.54) is 0 Å². The topological polar surface area (TPSA) is 55.6 Å². The molecule has 0 saturated heterocycles. The minimum Gasteiger partial charge on any atom is -0.482 e. The van der Waals surface area contributed by atoms with Crippen molar-refractivity contribution in [3.8, 4) is 5.75 Å². The van der Waals surface area contributed by atoms with Crippen LogP contribution in [0.2, 0.25) is 0 Å². The van der Waals surface area contributed by atoms with Crippen LogP contribution in [0.4, 0.5) is 5.69 Å². The molecule has 0 atom stereocenters. The molecule has 1 aromatic carbocycles. The fourth-order valence-corrected chi connectivity index (χ4v) is 1.71. The van der Waals surface area contributed by atoms with Crippen molar-refractivity contribution in [2.75, 3.05) is 18.1 Å². The predicted octanol–water partition coefficient (Wildman–Crippen LogP) is 1.09. The number of hydrogen-bond acceptors (Lipinski definition) is 3. The monoisotopic (exact) mass is 236 g/mol. The maximum atomic E-state index is 11.7. The predicted molar refractivity (Wildman–Crippen MR) is 65.7 cm³/mol. The molecule has 1 amide bonds. The fourth-order valence-electron chi connectivity index (χ4n) is 1.62. The molecule has 0 saturated carbocycles. The van der Waals surface area contributed by atoms with Crippen LogP contribution in [0, 0.1) is 0 Å². The Balaban J connectivity index is 2.23. The summed E-state index contributed by atoms with van der Waals surface area (Å²) in [7, 11) is 0. The van der Waals surface area contributed by atoms with E-state index in [1.807, 2.05) is 24.3 Å². The Morgan fingerprint density at radius 1 is 1.50 bits per heavy atom. The normalized spacial score (nSPS) is 14.2. The first-order valence-corrected chi connectivity index (χ1v) is 5.40. The number of thiocarbonyl (C=S) groups is 1. The summed E-state index contributed by atoms with van der Waals surface area (Å²) in [5.74, 6) is 0.667. The van der Waals surface area contributed by atoms with Gasteiger partial charge < -0.3 is 15.4 Å². The lowest BCUT2D eigenvalue weighted by Gasteiger charge is -2.29. The van der Waals surface area contributed by atoms with Crippen LogP contribution in [0.25, 0.3) is 0 Å². The molecule has 84 valence electrons. The molecule has 1 aliphatic rings. The van der Waals surface area contributed by atoms with Gasteiger partial charge in [0.2, 0.25) is 0 Å². The summed E-state index contributed by atoms with van der Waals surface area (Å²) in [5.41, 5.74) is 6.22. The minimum atomic E-state index is -0.0602. The number of hydrogen-bond donors (Lipinski definition) is 1. The van der Waals surface area contributed by atoms with Crippen LogP contribution in [-0.4, -0.2) is 24.0 Å². The highest BCUT2D eigenvalue weighted by atomic mass is 32.1. The molecule has 0 fully saturated rings. The zero-order valence-electron chi connectivity index (χ0n) is 8.68. The lowest BCUT2D eigenvalue weighted by Crippen LogP contribution is -2.40. The zero-order chi connectivity index (χ0) is 11.5. The Labute approximate surface area is 99.0 Å². The minimum absolute atomic E-state index is 0.0602. The quantitative estimate of drug-likeness (QED) is 0.798. The molecule has 16 heavy (non-hydrogen) atoms. The Morgan fingerprint density at radius 3 is 3.00 bits per heavy atom. The average Bonchev–Trinajstić information content (AvgIpc) is 2.27. The van der Waals surface area contributed by atoms with E-state index in [0.717, 1.165) is 11.4 Å². The second kappa shape index (κ2) is 4.49. The number of rotatable bonds is 3. The van der Waals surface area contributed by atoms with Crippen molar-refractivity contribution in [2.24, 2.45) is 5.73 Å². The van der Waals surface area contributed by atoms with Gasteiger partial charge in [0.25, 0.3) is 5.91 Å². The number of anilines is 1. The summed E-state index contributed by atoms with van der Waals surface area (Å²) in [6.45, 7) is 0.586. The maximum Gasteiger partial charge on any atom is 0.265 e. The van der Waals surface area contributed by atoms with E-state index in [-0.39, 0.29) is 12.5 Å². The Kier molecular flexibility index (Phi) is 3.05. The van der Waals surface area contributed by atoms with Gasteiger partial charge in [0.05, 0.1) is 10.7 Å². The van der Waals surface area contributed by atoms with Crippen LogP contribution < -0.4 is 15.4 Å². The SMILES string of the molecule is NC(=S)CCN1C(=O)COc2ccccc21. The van der Waals surface area contributed by atoms with Gasteiger partial charge in [0.1, 0.15) is 5.75 Å². The van der Waals surface area contributed by atoms with Crippen molar-refractivity contribution in [1.82, 2.24) is 0 Å². The van der Waals surface area contributed by atoms with E-state index < -0.39 is 0 Å². The Bertz CT molecular complexity index is 434. The third kappa shape index (κ3) is 2.14. The van der Waals surface area contributed by atoms with Gasteiger partial charge in [-0.2, -0.15) is 0 Å². The van der Waals surface area contributed by atoms with E-state index in [2.05, 4.69) is 0 Å². The smallest absolute Gasteiger partial charge is 0.265 e. The van der Waals surface area contributed by atoms with Crippen molar-refractivity contribution in [1.29, 1.82) is 0 Å². The third-order valence-electron chi connectivity index (χ3n) is 2.39. The average molecular weight is 236 g/mol. The number of para-hydroxylation sites is 2. The first-order valence-electron chi connectivity index (χ1n) is 4.99. The lowest BCUT2D eigenvalue weighted by molar-refractivity contribution is -0.121. The number of nitrogens with zero attached hydrogens (tertiary/aromatic N) is 1. The zero-order valence-corrected chi connectivity index (χ0v) is 9.50. The van der Waals surface area contributed by atoms with Crippen LogP contribution in [0.3, 0.4) is 0 Å². The summed E-state index contributed by atoms with van der Waals surface area (Å²) < 4.78 is 5.32. The van der Waals surface area contributed by atoms with Crippen molar-refractivity contribution in [2.45, 2.75) is 6.42 Å². The Hall–Kier alpha value is -1.62. The van der Waals surface area contributed by atoms with Crippen LogP contribution >= 0.6 is 12.2 Å². The highest BCUT2D eigenvalue weighted by molar-refractivity contribution is 7.80. The van der Waals surface area contributed by atoms with Crippen LogP contribution in [0.5, 0.6) is 5.75 Å². The molecule has 0 spiro atoms. The number of fused-ring (bicyclic) bond motifs is 1. The first-order chi connectivity index (χ1) is 7.68. The largest absolute Gasteiger partial charge is 0.482 e. The molecular weight excluding hydrogens is 224 g/mol. The van der Waals surface area contributed by atoms with Gasteiger partial charge in [-0.15, -0.1) is 0 Å². The van der Waals surface area contributed by atoms with E-state index in [4.69, 9.17) is 22.7 Å². The van der Waals surface area contributed by atoms with Crippen LogP contribution in [-0.2, 0) is 4.79 Å². The number of amides is 1. The lowest BCUT2D eigenvalue weighted by atomic mass is 10.2. The number of carbonyl (C=O) groups excluding carboxylic acids is 1. The number of carbonyl (C=O) groups is 1. The molecule has 1 aromatic rings. The van der Waals surface area contributed by atoms with Gasteiger partial charge >= 0.3 is 0 Å². The van der Waals surface area contributed by atoms with Gasteiger partial charge in [0.15, 0.2) is 6.61 Å². The fraction of sp³-hybridized carbons (Fsp3) is 0.273. The maximum absolute atomic E-state index is 11.7. The van der Waals surface area contributed by atoms with E-state index in [9.17, 15) is 4.79 Å². The number of nitrogens with two attached hydrogens (primary N) is 1. The second-order valence-electron chi connectivity index (χ2n) is 3.52. The molecule has 4 nitrogen and oxygen atoms in total. The second-order valence-corrected chi connectivity index (χ2v) is 4.04. The standard InChI is InChI=1S/C11H12N2O2S/c12-10(16)5-6-13-8-3-1-2-4-9(8)15-7-11(13)14/h1-4H,5-7H2,(H2,12,16). The Morgan fingerprint density at radius 2 is 2.25 bits per heavy atom. The summed E-state index contributed by atoms with van der Waals surface area (Å²) >= 11 is 4.81. The molecule has 0 unspecified atom stereocenters. The van der Waals surface area contributed by atoms with Gasteiger partial charge in [-0.25, -0.2) is 0 Å². The van der Waals surface area contributed by atoms with Crippen molar-refractivity contribution < 1.29 is 9.53 Å². The summed E-state index contributed by atoms with van der Waals surface area (Å²) in [6, 6.07) is 7.44. The van der Waals surface area contributed by atoms with Crippen molar-refractivity contribution in [3.05, 3.63) is 24.3 Å². The molecule has 0 aromatic heterocycles. The molecule has 2 N–H and O–H groups in total. The highest BCUT2D eigenvalue weighted by Gasteiger charge is 2.24. The summed E-state index contributed by atoms with van der Waals surface area (Å²) in [4.78, 5) is 13.8. The van der Waals surface area contributed by atoms with Crippen LogP contribution in [0.1, 0.15) is 6.42 Å². The van der Waals surface area contributed by atoms with Crippen molar-refractivity contribution >= 4 is 28.8 Å². The van der Waals surface area contributed by atoms with Gasteiger partial charge in [-0.05, 0) is 12.1 Å². The molecular formula is C11H12N2O2S.